The zero-order valence-corrected chi connectivity index (χ0v) is 15.5. The quantitative estimate of drug-likeness (QED) is 0.283. The third kappa shape index (κ3) is 3.64. The molecule has 0 bridgehead atoms. The summed E-state index contributed by atoms with van der Waals surface area (Å²) < 4.78 is 5.72. The highest BCUT2D eigenvalue weighted by Gasteiger charge is 2.18. The fraction of sp³-hybridized carbons (Fsp3) is 0.118. The fourth-order valence-corrected chi connectivity index (χ4v) is 3.50. The topological polar surface area (TPSA) is 111 Å². The van der Waals surface area contributed by atoms with Gasteiger partial charge in [-0.15, -0.1) is 10.2 Å². The lowest BCUT2D eigenvalue weighted by Gasteiger charge is -2.03. The monoisotopic (exact) mass is 401 g/mol. The van der Waals surface area contributed by atoms with Crippen molar-refractivity contribution in [3.05, 3.63) is 63.5 Å². The van der Waals surface area contributed by atoms with Crippen LogP contribution in [0.4, 0.5) is 5.69 Å². The molecule has 1 N–H and O–H groups in total. The molecule has 1 atom stereocenters. The summed E-state index contributed by atoms with van der Waals surface area (Å²) in [7, 11) is 0. The molecule has 2 aromatic carbocycles. The number of fused-ring (bicyclic) bond motifs is 1. The number of imidazole rings is 1. The van der Waals surface area contributed by atoms with E-state index in [0.29, 0.717) is 22.4 Å². The van der Waals surface area contributed by atoms with Gasteiger partial charge in [-0.1, -0.05) is 23.4 Å². The first kappa shape index (κ1) is 17.5. The van der Waals surface area contributed by atoms with Crippen molar-refractivity contribution in [1.82, 2.24) is 20.2 Å². The predicted octanol–water partition coefficient (Wildman–Crippen LogP) is 5.03. The van der Waals surface area contributed by atoms with Crippen LogP contribution in [0.5, 0.6) is 0 Å². The molecule has 0 aliphatic heterocycles. The molecule has 2 aromatic heterocycles. The molecule has 0 amide bonds. The summed E-state index contributed by atoms with van der Waals surface area (Å²) in [6, 6.07) is 11.4. The van der Waals surface area contributed by atoms with Crippen LogP contribution in [-0.2, 0) is 0 Å². The van der Waals surface area contributed by atoms with E-state index in [1.165, 1.54) is 23.9 Å². The van der Waals surface area contributed by atoms with Crippen LogP contribution in [0, 0.1) is 10.1 Å². The number of nitro groups is 1. The van der Waals surface area contributed by atoms with Gasteiger partial charge in [-0.2, -0.15) is 0 Å². The Kier molecular flexibility index (Phi) is 4.54. The van der Waals surface area contributed by atoms with Crippen LogP contribution in [0.15, 0.2) is 52.0 Å². The second-order valence-corrected chi connectivity index (χ2v) is 7.48. The average molecular weight is 402 g/mol. The van der Waals surface area contributed by atoms with Crippen LogP contribution < -0.4 is 0 Å². The number of nitrogens with one attached hydrogen (secondary N) is 1. The van der Waals surface area contributed by atoms with Crippen LogP contribution in [0.3, 0.4) is 0 Å². The summed E-state index contributed by atoms with van der Waals surface area (Å²) >= 11 is 7.44. The number of halogens is 1. The summed E-state index contributed by atoms with van der Waals surface area (Å²) in [6.45, 7) is 1.93. The summed E-state index contributed by atoms with van der Waals surface area (Å²) in [5.41, 5.74) is 2.31. The van der Waals surface area contributed by atoms with Gasteiger partial charge in [0.15, 0.2) is 5.16 Å². The SMILES string of the molecule is C[C@H](Sc1nc2ccc(Cl)cc2[nH]1)c1nnc(-c2ccc([N+](=O)[O-])cc2)o1. The number of nitrogens with zero attached hydrogens (tertiary/aromatic N) is 4. The summed E-state index contributed by atoms with van der Waals surface area (Å²) in [4.78, 5) is 18.0. The maximum atomic E-state index is 10.7. The molecule has 136 valence electrons. The highest BCUT2D eigenvalue weighted by atomic mass is 35.5. The Morgan fingerprint density at radius 3 is 2.74 bits per heavy atom. The van der Waals surface area contributed by atoms with Gasteiger partial charge in [-0.25, -0.2) is 4.98 Å². The van der Waals surface area contributed by atoms with Gasteiger partial charge in [-0.05, 0) is 37.3 Å². The number of thioether (sulfide) groups is 1. The lowest BCUT2D eigenvalue weighted by molar-refractivity contribution is -0.384. The molecule has 0 aliphatic rings. The maximum absolute atomic E-state index is 10.7. The second kappa shape index (κ2) is 7.01. The first-order valence-electron chi connectivity index (χ1n) is 7.90. The molecule has 0 radical (unpaired) electrons. The Morgan fingerprint density at radius 2 is 2.00 bits per heavy atom. The van der Waals surface area contributed by atoms with E-state index in [9.17, 15) is 10.1 Å². The Hall–Kier alpha value is -2.91. The lowest BCUT2D eigenvalue weighted by atomic mass is 10.2. The van der Waals surface area contributed by atoms with Gasteiger partial charge in [0.25, 0.3) is 5.69 Å². The van der Waals surface area contributed by atoms with E-state index < -0.39 is 4.92 Å². The van der Waals surface area contributed by atoms with Crippen molar-refractivity contribution in [1.29, 1.82) is 0 Å². The van der Waals surface area contributed by atoms with Crippen molar-refractivity contribution >= 4 is 40.1 Å². The first-order valence-corrected chi connectivity index (χ1v) is 9.15. The van der Waals surface area contributed by atoms with Crippen molar-refractivity contribution in [3.63, 3.8) is 0 Å². The van der Waals surface area contributed by atoms with Crippen LogP contribution in [0.25, 0.3) is 22.5 Å². The minimum atomic E-state index is -0.456. The van der Waals surface area contributed by atoms with Crippen LogP contribution >= 0.6 is 23.4 Å². The summed E-state index contributed by atoms with van der Waals surface area (Å²) in [5.74, 6) is 0.746. The van der Waals surface area contributed by atoms with E-state index in [1.807, 2.05) is 19.1 Å². The highest BCUT2D eigenvalue weighted by Crippen LogP contribution is 2.35. The van der Waals surface area contributed by atoms with E-state index >= 15 is 0 Å². The number of rotatable bonds is 5. The minimum absolute atomic E-state index is 0.00685. The number of benzene rings is 2. The third-order valence-electron chi connectivity index (χ3n) is 3.82. The lowest BCUT2D eigenvalue weighted by Crippen LogP contribution is -1.89. The molecule has 27 heavy (non-hydrogen) atoms. The van der Waals surface area contributed by atoms with Gasteiger partial charge >= 0.3 is 0 Å². The van der Waals surface area contributed by atoms with Gasteiger partial charge in [0, 0.05) is 22.7 Å². The van der Waals surface area contributed by atoms with E-state index in [4.69, 9.17) is 16.0 Å². The molecule has 0 saturated heterocycles. The normalized spacial score (nSPS) is 12.4. The molecule has 0 unspecified atom stereocenters. The number of nitro benzene ring substituents is 1. The molecule has 0 spiro atoms. The molecule has 4 rings (SSSR count). The Labute approximate surface area is 162 Å². The Bertz CT molecular complexity index is 1130. The maximum Gasteiger partial charge on any atom is 0.269 e. The van der Waals surface area contributed by atoms with Crippen molar-refractivity contribution < 1.29 is 9.34 Å². The van der Waals surface area contributed by atoms with E-state index in [-0.39, 0.29) is 10.9 Å². The van der Waals surface area contributed by atoms with Gasteiger partial charge in [0.2, 0.25) is 11.8 Å². The van der Waals surface area contributed by atoms with Crippen molar-refractivity contribution in [2.24, 2.45) is 0 Å². The van der Waals surface area contributed by atoms with Crippen LogP contribution in [0.1, 0.15) is 18.1 Å². The molecular weight excluding hydrogens is 390 g/mol. The third-order valence-corrected chi connectivity index (χ3v) is 5.03. The summed E-state index contributed by atoms with van der Waals surface area (Å²) in [6.07, 6.45) is 0. The zero-order valence-electron chi connectivity index (χ0n) is 13.9. The molecule has 10 heteroatoms. The van der Waals surface area contributed by atoms with Gasteiger partial charge < -0.3 is 9.40 Å². The molecule has 0 aliphatic carbocycles. The smallest absolute Gasteiger partial charge is 0.269 e. The highest BCUT2D eigenvalue weighted by molar-refractivity contribution is 7.99. The molecule has 0 saturated carbocycles. The standard InChI is InChI=1S/C17H12ClN5O3S/c1-9(27-17-19-13-7-4-11(18)8-14(13)20-17)15-21-22-16(26-15)10-2-5-12(6-3-10)23(24)25/h2-9H,1H3,(H,19,20)/t9-/m0/s1. The van der Waals surface area contributed by atoms with Crippen molar-refractivity contribution in [2.45, 2.75) is 17.3 Å². The van der Waals surface area contributed by atoms with Crippen LogP contribution in [-0.4, -0.2) is 25.1 Å². The number of hydrogen-bond donors (Lipinski definition) is 1. The van der Waals surface area contributed by atoms with E-state index in [2.05, 4.69) is 20.2 Å². The summed E-state index contributed by atoms with van der Waals surface area (Å²) in [5, 5.41) is 20.1. The predicted molar refractivity (Wildman–Crippen MR) is 102 cm³/mol. The largest absolute Gasteiger partial charge is 0.419 e. The number of H-pyrrole nitrogens is 1. The van der Waals surface area contributed by atoms with Crippen LogP contribution in [0.2, 0.25) is 5.02 Å². The molecule has 8 nitrogen and oxygen atoms in total. The number of aromatic amines is 1. The Morgan fingerprint density at radius 1 is 1.22 bits per heavy atom. The van der Waals surface area contributed by atoms with Gasteiger partial charge in [0.05, 0.1) is 21.2 Å². The molecule has 0 fully saturated rings. The second-order valence-electron chi connectivity index (χ2n) is 5.71. The first-order chi connectivity index (χ1) is 13.0. The Balaban J connectivity index is 1.52. The van der Waals surface area contributed by atoms with Gasteiger partial charge in [0.1, 0.15) is 0 Å². The molecular formula is C17H12ClN5O3S. The van der Waals surface area contributed by atoms with Crippen molar-refractivity contribution in [3.8, 4) is 11.5 Å². The molecule has 2 heterocycles. The zero-order chi connectivity index (χ0) is 19.0. The van der Waals surface area contributed by atoms with Crippen molar-refractivity contribution in [2.75, 3.05) is 0 Å². The number of non-ortho nitro benzene ring substituents is 1. The minimum Gasteiger partial charge on any atom is -0.419 e. The van der Waals surface area contributed by atoms with Gasteiger partial charge in [-0.3, -0.25) is 10.1 Å². The van der Waals surface area contributed by atoms with E-state index in [0.717, 1.165) is 16.2 Å². The van der Waals surface area contributed by atoms with E-state index in [1.54, 1.807) is 18.2 Å². The molecule has 4 aromatic rings. The fourth-order valence-electron chi connectivity index (χ4n) is 2.47. The average Bonchev–Trinajstić information content (AvgIpc) is 3.28. The number of hydrogen-bond acceptors (Lipinski definition) is 7. The number of aromatic nitrogens is 4.